The Balaban J connectivity index is 2.11. The topological polar surface area (TPSA) is 69.2 Å². The van der Waals surface area contributed by atoms with Gasteiger partial charge in [-0.05, 0) is 31.2 Å². The fourth-order valence-corrected chi connectivity index (χ4v) is 1.99. The van der Waals surface area contributed by atoms with E-state index in [1.54, 1.807) is 19.1 Å². The van der Waals surface area contributed by atoms with E-state index in [4.69, 9.17) is 4.42 Å². The lowest BCUT2D eigenvalue weighted by Gasteiger charge is -1.99. The summed E-state index contributed by atoms with van der Waals surface area (Å²) < 4.78 is 5.63. The van der Waals surface area contributed by atoms with Crippen molar-refractivity contribution in [2.24, 2.45) is 0 Å². The van der Waals surface area contributed by atoms with Crippen molar-refractivity contribution in [2.75, 3.05) is 0 Å². The van der Waals surface area contributed by atoms with E-state index in [0.717, 1.165) is 11.1 Å². The lowest BCUT2D eigenvalue weighted by Crippen LogP contribution is -1.91. The predicted octanol–water partition coefficient (Wildman–Crippen LogP) is 3.71. The molecule has 0 unspecified atom stereocenters. The molecule has 0 atom stereocenters. The zero-order valence-corrected chi connectivity index (χ0v) is 10.2. The molecule has 0 N–H and O–H groups in total. The summed E-state index contributed by atoms with van der Waals surface area (Å²) in [4.78, 5) is 14.7. The highest BCUT2D eigenvalue weighted by molar-refractivity contribution is 5.76. The quantitative estimate of drug-likeness (QED) is 0.516. The van der Waals surface area contributed by atoms with Gasteiger partial charge in [-0.15, -0.1) is 0 Å². The van der Waals surface area contributed by atoms with Crippen molar-refractivity contribution in [3.63, 3.8) is 0 Å². The molecule has 3 rings (SSSR count). The molecule has 0 saturated heterocycles. The third-order valence-corrected chi connectivity index (χ3v) is 2.93. The molecule has 1 aromatic heterocycles. The molecule has 2 aromatic carbocycles. The average Bonchev–Trinajstić information content (AvgIpc) is 2.81. The zero-order chi connectivity index (χ0) is 13.4. The van der Waals surface area contributed by atoms with Crippen LogP contribution >= 0.6 is 0 Å². The van der Waals surface area contributed by atoms with E-state index in [1.165, 1.54) is 6.07 Å². The maximum atomic E-state index is 10.8. The third-order valence-electron chi connectivity index (χ3n) is 2.93. The normalized spacial score (nSPS) is 10.8. The Kier molecular flexibility index (Phi) is 2.52. The van der Waals surface area contributed by atoms with Crippen molar-refractivity contribution in [2.45, 2.75) is 6.92 Å². The van der Waals surface area contributed by atoms with Crippen molar-refractivity contribution in [1.29, 1.82) is 0 Å². The Labute approximate surface area is 108 Å². The first-order valence-electron chi connectivity index (χ1n) is 5.76. The highest BCUT2D eigenvalue weighted by Crippen LogP contribution is 2.28. The van der Waals surface area contributed by atoms with E-state index in [2.05, 4.69) is 4.98 Å². The van der Waals surface area contributed by atoms with Crippen LogP contribution in [0.5, 0.6) is 0 Å². The number of hydrogen-bond acceptors (Lipinski definition) is 4. The number of aromatic nitrogens is 1. The molecular weight excluding hydrogens is 244 g/mol. The van der Waals surface area contributed by atoms with Crippen LogP contribution in [0.25, 0.3) is 22.6 Å². The van der Waals surface area contributed by atoms with E-state index < -0.39 is 4.92 Å². The number of benzene rings is 2. The van der Waals surface area contributed by atoms with Crippen LogP contribution in [0.2, 0.25) is 0 Å². The van der Waals surface area contributed by atoms with Crippen LogP contribution in [0.1, 0.15) is 5.56 Å². The Morgan fingerprint density at radius 3 is 2.68 bits per heavy atom. The summed E-state index contributed by atoms with van der Waals surface area (Å²) in [6.45, 7) is 1.70. The van der Waals surface area contributed by atoms with E-state index in [1.807, 2.05) is 24.3 Å². The molecule has 0 saturated carbocycles. The number of rotatable bonds is 2. The second-order valence-electron chi connectivity index (χ2n) is 4.25. The molecule has 5 nitrogen and oxygen atoms in total. The summed E-state index contributed by atoms with van der Waals surface area (Å²) in [6.07, 6.45) is 0. The van der Waals surface area contributed by atoms with E-state index in [0.29, 0.717) is 17.0 Å². The van der Waals surface area contributed by atoms with Gasteiger partial charge in [0.2, 0.25) is 5.89 Å². The summed E-state index contributed by atoms with van der Waals surface area (Å²) in [5.41, 5.74) is 2.89. The van der Waals surface area contributed by atoms with Gasteiger partial charge in [0, 0.05) is 17.2 Å². The number of nitro benzene ring substituents is 1. The van der Waals surface area contributed by atoms with Gasteiger partial charge in [0.25, 0.3) is 5.69 Å². The first-order chi connectivity index (χ1) is 9.15. The predicted molar refractivity (Wildman–Crippen MR) is 70.8 cm³/mol. The van der Waals surface area contributed by atoms with Crippen LogP contribution in [-0.4, -0.2) is 9.91 Å². The first kappa shape index (κ1) is 11.4. The molecule has 0 aliphatic carbocycles. The van der Waals surface area contributed by atoms with Crippen molar-refractivity contribution < 1.29 is 9.34 Å². The maximum absolute atomic E-state index is 10.8. The van der Waals surface area contributed by atoms with Gasteiger partial charge in [-0.2, -0.15) is 0 Å². The Bertz CT molecular complexity index is 744. The zero-order valence-electron chi connectivity index (χ0n) is 10.2. The van der Waals surface area contributed by atoms with E-state index in [9.17, 15) is 10.1 Å². The van der Waals surface area contributed by atoms with Crippen LogP contribution < -0.4 is 0 Å². The fraction of sp³-hybridized carbons (Fsp3) is 0.0714. The highest BCUT2D eigenvalue weighted by atomic mass is 16.6. The molecule has 0 amide bonds. The summed E-state index contributed by atoms with van der Waals surface area (Å²) >= 11 is 0. The molecule has 0 aliphatic rings. The SMILES string of the molecule is Cc1cc(-c2nc3ccccc3o2)ccc1[N+](=O)[O-]. The molecule has 0 fully saturated rings. The number of oxazole rings is 1. The lowest BCUT2D eigenvalue weighted by molar-refractivity contribution is -0.385. The molecule has 0 aliphatic heterocycles. The number of nitrogens with zero attached hydrogens (tertiary/aromatic N) is 2. The van der Waals surface area contributed by atoms with Gasteiger partial charge in [0.05, 0.1) is 4.92 Å². The molecule has 19 heavy (non-hydrogen) atoms. The smallest absolute Gasteiger partial charge is 0.272 e. The molecule has 94 valence electrons. The van der Waals surface area contributed by atoms with Gasteiger partial charge >= 0.3 is 0 Å². The summed E-state index contributed by atoms with van der Waals surface area (Å²) in [5.74, 6) is 0.471. The van der Waals surface area contributed by atoms with Crippen LogP contribution in [-0.2, 0) is 0 Å². The van der Waals surface area contributed by atoms with Gasteiger partial charge in [0.1, 0.15) is 5.52 Å². The molecule has 0 bridgehead atoms. The largest absolute Gasteiger partial charge is 0.436 e. The summed E-state index contributed by atoms with van der Waals surface area (Å²) in [7, 11) is 0. The Morgan fingerprint density at radius 2 is 2.00 bits per heavy atom. The molecule has 3 aromatic rings. The lowest BCUT2D eigenvalue weighted by atomic mass is 10.1. The van der Waals surface area contributed by atoms with E-state index >= 15 is 0 Å². The number of hydrogen-bond donors (Lipinski definition) is 0. The summed E-state index contributed by atoms with van der Waals surface area (Å²) in [6, 6.07) is 12.3. The summed E-state index contributed by atoms with van der Waals surface area (Å²) in [5, 5.41) is 10.8. The van der Waals surface area contributed by atoms with Crippen LogP contribution in [0.15, 0.2) is 46.9 Å². The van der Waals surface area contributed by atoms with Crippen molar-refractivity contribution >= 4 is 16.8 Å². The second-order valence-corrected chi connectivity index (χ2v) is 4.25. The third kappa shape index (κ3) is 1.95. The van der Waals surface area contributed by atoms with Gasteiger partial charge in [0.15, 0.2) is 5.58 Å². The average molecular weight is 254 g/mol. The van der Waals surface area contributed by atoms with Crippen LogP contribution in [0.3, 0.4) is 0 Å². The number of nitro groups is 1. The number of fused-ring (bicyclic) bond motifs is 1. The minimum atomic E-state index is -0.398. The van der Waals surface area contributed by atoms with Crippen molar-refractivity contribution in [1.82, 2.24) is 4.98 Å². The standard InChI is InChI=1S/C14H10N2O3/c1-9-8-10(6-7-12(9)16(17)18)14-15-11-4-2-3-5-13(11)19-14/h2-8H,1H3. The molecular formula is C14H10N2O3. The maximum Gasteiger partial charge on any atom is 0.272 e. The number of para-hydroxylation sites is 2. The molecule has 0 spiro atoms. The molecule has 5 heteroatoms. The monoisotopic (exact) mass is 254 g/mol. The van der Waals surface area contributed by atoms with Gasteiger partial charge in [-0.1, -0.05) is 12.1 Å². The first-order valence-corrected chi connectivity index (χ1v) is 5.76. The second kappa shape index (κ2) is 4.20. The van der Waals surface area contributed by atoms with Crippen LogP contribution in [0, 0.1) is 17.0 Å². The van der Waals surface area contributed by atoms with Gasteiger partial charge in [-0.25, -0.2) is 4.98 Å². The fourth-order valence-electron chi connectivity index (χ4n) is 1.99. The minimum Gasteiger partial charge on any atom is -0.436 e. The Morgan fingerprint density at radius 1 is 1.21 bits per heavy atom. The molecule has 1 heterocycles. The van der Waals surface area contributed by atoms with Crippen molar-refractivity contribution in [3.8, 4) is 11.5 Å². The highest BCUT2D eigenvalue weighted by Gasteiger charge is 2.13. The Hall–Kier alpha value is -2.69. The van der Waals surface area contributed by atoms with Gasteiger partial charge in [-0.3, -0.25) is 10.1 Å². The van der Waals surface area contributed by atoms with Crippen LogP contribution in [0.4, 0.5) is 5.69 Å². The number of aryl methyl sites for hydroxylation is 1. The van der Waals surface area contributed by atoms with Crippen molar-refractivity contribution in [3.05, 3.63) is 58.1 Å². The van der Waals surface area contributed by atoms with Gasteiger partial charge < -0.3 is 4.42 Å². The molecule has 0 radical (unpaired) electrons. The minimum absolute atomic E-state index is 0.0971. The van der Waals surface area contributed by atoms with E-state index in [-0.39, 0.29) is 5.69 Å².